The Labute approximate surface area is 87.4 Å². The molecule has 0 aliphatic carbocycles. The lowest BCUT2D eigenvalue weighted by Crippen LogP contribution is -1.89. The molecule has 2 rings (SSSR count). The molecule has 2 aromatic rings. The zero-order valence-electron chi connectivity index (χ0n) is 8.27. The van der Waals surface area contributed by atoms with Crippen molar-refractivity contribution in [2.45, 2.75) is 0 Å². The minimum atomic E-state index is -0.283. The lowest BCUT2D eigenvalue weighted by atomic mass is 10.1. The Balaban J connectivity index is 2.56. The standard InChI is InChI=1S/C12H10FNO/c1-15-12-5-4-10(13)7-11(12)9-3-2-6-14-8-9/h2-8H,1H3. The van der Waals surface area contributed by atoms with Crippen molar-refractivity contribution < 1.29 is 9.13 Å². The molecule has 15 heavy (non-hydrogen) atoms. The second kappa shape index (κ2) is 4.09. The predicted octanol–water partition coefficient (Wildman–Crippen LogP) is 2.90. The van der Waals surface area contributed by atoms with Gasteiger partial charge >= 0.3 is 0 Å². The third-order valence-electron chi connectivity index (χ3n) is 2.13. The second-order valence-corrected chi connectivity index (χ2v) is 3.09. The van der Waals surface area contributed by atoms with Crippen LogP contribution in [0.5, 0.6) is 5.75 Å². The van der Waals surface area contributed by atoms with E-state index < -0.39 is 0 Å². The third-order valence-corrected chi connectivity index (χ3v) is 2.13. The molecule has 1 heterocycles. The van der Waals surface area contributed by atoms with Crippen molar-refractivity contribution in [3.05, 3.63) is 48.5 Å². The van der Waals surface area contributed by atoms with Crippen LogP contribution >= 0.6 is 0 Å². The van der Waals surface area contributed by atoms with Crippen LogP contribution in [0.3, 0.4) is 0 Å². The molecule has 0 amide bonds. The van der Waals surface area contributed by atoms with Crippen LogP contribution in [0.15, 0.2) is 42.7 Å². The van der Waals surface area contributed by atoms with E-state index in [2.05, 4.69) is 4.98 Å². The fourth-order valence-corrected chi connectivity index (χ4v) is 1.43. The Morgan fingerprint density at radius 3 is 2.80 bits per heavy atom. The number of ether oxygens (including phenoxy) is 1. The highest BCUT2D eigenvalue weighted by atomic mass is 19.1. The van der Waals surface area contributed by atoms with Crippen LogP contribution in [0.2, 0.25) is 0 Å². The van der Waals surface area contributed by atoms with Crippen molar-refractivity contribution in [1.29, 1.82) is 0 Å². The SMILES string of the molecule is COc1ccc(F)cc1-c1cccnc1. The summed E-state index contributed by atoms with van der Waals surface area (Å²) in [6, 6.07) is 8.09. The van der Waals surface area contributed by atoms with Crippen LogP contribution in [-0.2, 0) is 0 Å². The van der Waals surface area contributed by atoms with E-state index in [0.717, 1.165) is 5.56 Å². The molecule has 0 N–H and O–H groups in total. The van der Waals surface area contributed by atoms with Gasteiger partial charge in [0.25, 0.3) is 0 Å². The lowest BCUT2D eigenvalue weighted by Gasteiger charge is -2.07. The van der Waals surface area contributed by atoms with Gasteiger partial charge in [-0.3, -0.25) is 4.98 Å². The van der Waals surface area contributed by atoms with Gasteiger partial charge in [0.05, 0.1) is 7.11 Å². The van der Waals surface area contributed by atoms with Gasteiger partial charge in [-0.25, -0.2) is 4.39 Å². The van der Waals surface area contributed by atoms with E-state index in [-0.39, 0.29) is 5.82 Å². The summed E-state index contributed by atoms with van der Waals surface area (Å²) >= 11 is 0. The van der Waals surface area contributed by atoms with Gasteiger partial charge < -0.3 is 4.74 Å². The first-order valence-electron chi connectivity index (χ1n) is 4.55. The fourth-order valence-electron chi connectivity index (χ4n) is 1.43. The molecule has 3 heteroatoms. The maximum absolute atomic E-state index is 13.1. The smallest absolute Gasteiger partial charge is 0.126 e. The molecular weight excluding hydrogens is 193 g/mol. The van der Waals surface area contributed by atoms with E-state index in [4.69, 9.17) is 4.74 Å². The number of rotatable bonds is 2. The summed E-state index contributed by atoms with van der Waals surface area (Å²) in [5.74, 6) is 0.360. The first-order valence-corrected chi connectivity index (χ1v) is 4.55. The lowest BCUT2D eigenvalue weighted by molar-refractivity contribution is 0.415. The molecule has 0 fully saturated rings. The molecule has 2 nitrogen and oxygen atoms in total. The average molecular weight is 203 g/mol. The summed E-state index contributed by atoms with van der Waals surface area (Å²) in [5, 5.41) is 0. The largest absolute Gasteiger partial charge is 0.496 e. The normalized spacial score (nSPS) is 10.0. The van der Waals surface area contributed by atoms with Gasteiger partial charge in [-0.15, -0.1) is 0 Å². The molecule has 0 spiro atoms. The van der Waals surface area contributed by atoms with Crippen LogP contribution in [0, 0.1) is 5.82 Å². The number of hydrogen-bond acceptors (Lipinski definition) is 2. The predicted molar refractivity (Wildman–Crippen MR) is 56.2 cm³/mol. The molecule has 0 aliphatic rings. The Bertz CT molecular complexity index is 456. The first kappa shape index (κ1) is 9.65. The topological polar surface area (TPSA) is 22.1 Å². The number of hydrogen-bond donors (Lipinski definition) is 0. The van der Waals surface area contributed by atoms with E-state index in [1.54, 1.807) is 31.6 Å². The summed E-state index contributed by atoms with van der Waals surface area (Å²) in [6.07, 6.45) is 3.35. The van der Waals surface area contributed by atoms with E-state index in [1.165, 1.54) is 12.1 Å². The van der Waals surface area contributed by atoms with E-state index >= 15 is 0 Å². The zero-order chi connectivity index (χ0) is 10.7. The van der Waals surface area contributed by atoms with Crippen molar-refractivity contribution >= 4 is 0 Å². The van der Waals surface area contributed by atoms with Gasteiger partial charge in [0.1, 0.15) is 11.6 Å². The van der Waals surface area contributed by atoms with Gasteiger partial charge in [-0.2, -0.15) is 0 Å². The number of benzene rings is 1. The molecule has 0 atom stereocenters. The number of pyridine rings is 1. The van der Waals surface area contributed by atoms with Gasteiger partial charge in [-0.1, -0.05) is 6.07 Å². The Hall–Kier alpha value is -1.90. The van der Waals surface area contributed by atoms with Crippen molar-refractivity contribution in [1.82, 2.24) is 4.98 Å². The summed E-state index contributed by atoms with van der Waals surface area (Å²) in [4.78, 5) is 3.99. The zero-order valence-corrected chi connectivity index (χ0v) is 8.27. The first-order chi connectivity index (χ1) is 7.31. The van der Waals surface area contributed by atoms with E-state index in [1.807, 2.05) is 6.07 Å². The molecule has 1 aromatic heterocycles. The fraction of sp³-hybridized carbons (Fsp3) is 0.0833. The monoisotopic (exact) mass is 203 g/mol. The van der Waals surface area contributed by atoms with Gasteiger partial charge in [-0.05, 0) is 24.3 Å². The highest BCUT2D eigenvalue weighted by molar-refractivity contribution is 5.69. The van der Waals surface area contributed by atoms with Crippen molar-refractivity contribution in [3.63, 3.8) is 0 Å². The van der Waals surface area contributed by atoms with Crippen LogP contribution in [0.25, 0.3) is 11.1 Å². The molecule has 0 radical (unpaired) electrons. The minimum absolute atomic E-state index is 0.283. The summed E-state index contributed by atoms with van der Waals surface area (Å²) in [5.41, 5.74) is 1.56. The third kappa shape index (κ3) is 1.96. The number of aromatic nitrogens is 1. The highest BCUT2D eigenvalue weighted by Gasteiger charge is 2.06. The van der Waals surface area contributed by atoms with Crippen LogP contribution in [0.4, 0.5) is 4.39 Å². The van der Waals surface area contributed by atoms with Crippen LogP contribution in [0.1, 0.15) is 0 Å². The van der Waals surface area contributed by atoms with Crippen molar-refractivity contribution in [3.8, 4) is 16.9 Å². The molecule has 0 bridgehead atoms. The maximum atomic E-state index is 13.1. The summed E-state index contributed by atoms with van der Waals surface area (Å²) in [6.45, 7) is 0. The molecule has 76 valence electrons. The molecular formula is C12H10FNO. The van der Waals surface area contributed by atoms with Gasteiger partial charge in [0, 0.05) is 23.5 Å². The van der Waals surface area contributed by atoms with Gasteiger partial charge in [0.15, 0.2) is 0 Å². The Morgan fingerprint density at radius 1 is 1.27 bits per heavy atom. The summed E-state index contributed by atoms with van der Waals surface area (Å²) in [7, 11) is 1.56. The van der Waals surface area contributed by atoms with Crippen molar-refractivity contribution in [2.75, 3.05) is 7.11 Å². The van der Waals surface area contributed by atoms with Gasteiger partial charge in [0.2, 0.25) is 0 Å². The van der Waals surface area contributed by atoms with Crippen LogP contribution in [-0.4, -0.2) is 12.1 Å². The van der Waals surface area contributed by atoms with E-state index in [0.29, 0.717) is 11.3 Å². The van der Waals surface area contributed by atoms with E-state index in [9.17, 15) is 4.39 Å². The maximum Gasteiger partial charge on any atom is 0.126 e. The van der Waals surface area contributed by atoms with Crippen LogP contribution < -0.4 is 4.74 Å². The highest BCUT2D eigenvalue weighted by Crippen LogP contribution is 2.29. The molecule has 0 saturated carbocycles. The molecule has 0 saturated heterocycles. The summed E-state index contributed by atoms with van der Waals surface area (Å²) < 4.78 is 18.3. The van der Waals surface area contributed by atoms with Crippen molar-refractivity contribution in [2.24, 2.45) is 0 Å². The number of halogens is 1. The second-order valence-electron chi connectivity index (χ2n) is 3.09. The molecule has 0 unspecified atom stereocenters. The number of nitrogens with zero attached hydrogens (tertiary/aromatic N) is 1. The Kier molecular flexibility index (Phi) is 2.63. The number of methoxy groups -OCH3 is 1. The Morgan fingerprint density at radius 2 is 2.13 bits per heavy atom. The average Bonchev–Trinajstić information content (AvgIpc) is 2.30. The molecule has 0 aliphatic heterocycles. The minimum Gasteiger partial charge on any atom is -0.496 e. The quantitative estimate of drug-likeness (QED) is 0.748. The molecule has 1 aromatic carbocycles.